The number of hydrogen-bond acceptors (Lipinski definition) is 3. The van der Waals surface area contributed by atoms with Gasteiger partial charge in [0.1, 0.15) is 6.04 Å². The van der Waals surface area contributed by atoms with Gasteiger partial charge in [-0.25, -0.2) is 4.79 Å². The monoisotopic (exact) mass is 324 g/mol. The molecule has 0 bridgehead atoms. The topological polar surface area (TPSA) is 86.7 Å². The van der Waals surface area contributed by atoms with E-state index in [9.17, 15) is 19.5 Å². The van der Waals surface area contributed by atoms with Crippen LogP contribution in [-0.2, 0) is 11.3 Å². The van der Waals surface area contributed by atoms with Crippen molar-refractivity contribution in [2.45, 2.75) is 19.0 Å². The first-order valence-corrected chi connectivity index (χ1v) is 7.53. The molecule has 0 spiro atoms. The van der Waals surface area contributed by atoms with Crippen LogP contribution in [0.2, 0.25) is 0 Å². The van der Waals surface area contributed by atoms with E-state index in [1.54, 1.807) is 48.5 Å². The van der Waals surface area contributed by atoms with Gasteiger partial charge in [0.15, 0.2) is 5.78 Å². The van der Waals surface area contributed by atoms with Gasteiger partial charge in [-0.05, 0) is 17.7 Å². The second kappa shape index (κ2) is 6.54. The predicted octanol–water partition coefficient (Wildman–Crippen LogP) is 2.76. The molecule has 1 unspecified atom stereocenters. The van der Waals surface area contributed by atoms with Crippen molar-refractivity contribution < 1.29 is 19.5 Å². The summed E-state index contributed by atoms with van der Waals surface area (Å²) in [4.78, 5) is 37.6. The van der Waals surface area contributed by atoms with Crippen molar-refractivity contribution >= 4 is 23.5 Å². The summed E-state index contributed by atoms with van der Waals surface area (Å²) in [6.07, 6.45) is -1.42. The number of carbonyl (C=O) groups excluding carboxylic acids is 2. The second-order valence-electron chi connectivity index (χ2n) is 5.57. The zero-order valence-corrected chi connectivity index (χ0v) is 12.8. The fourth-order valence-corrected chi connectivity index (χ4v) is 2.77. The van der Waals surface area contributed by atoms with E-state index in [1.165, 1.54) is 0 Å². The molecule has 1 aliphatic heterocycles. The Morgan fingerprint density at radius 1 is 1.08 bits per heavy atom. The van der Waals surface area contributed by atoms with E-state index >= 15 is 0 Å². The Bertz CT molecular complexity index is 789. The smallest absolute Gasteiger partial charge is 0.408 e. The summed E-state index contributed by atoms with van der Waals surface area (Å²) in [5.41, 5.74) is 1.57. The average Bonchev–Trinajstić information content (AvgIpc) is 2.70. The lowest BCUT2D eigenvalue weighted by molar-refractivity contribution is -0.120. The highest BCUT2D eigenvalue weighted by atomic mass is 16.4. The quantitative estimate of drug-likeness (QED) is 0.909. The molecule has 0 fully saturated rings. The third-order valence-electron chi connectivity index (χ3n) is 3.98. The molecular formula is C18H16N2O4. The number of carbonyl (C=O) groups is 3. The van der Waals surface area contributed by atoms with Crippen LogP contribution in [0.1, 0.15) is 22.3 Å². The molecule has 6 nitrogen and oxygen atoms in total. The highest BCUT2D eigenvalue weighted by Crippen LogP contribution is 2.24. The molecule has 0 radical (unpaired) electrons. The van der Waals surface area contributed by atoms with Crippen molar-refractivity contribution in [2.75, 3.05) is 5.32 Å². The summed E-state index contributed by atoms with van der Waals surface area (Å²) in [7, 11) is 0. The molecule has 2 aromatic carbocycles. The number of nitrogens with one attached hydrogen (secondary N) is 1. The van der Waals surface area contributed by atoms with Crippen LogP contribution in [0.3, 0.4) is 0 Å². The van der Waals surface area contributed by atoms with E-state index < -0.39 is 18.0 Å². The van der Waals surface area contributed by atoms with Gasteiger partial charge in [0.05, 0.1) is 5.69 Å². The Hall–Kier alpha value is -3.15. The highest BCUT2D eigenvalue weighted by molar-refractivity contribution is 6.11. The summed E-state index contributed by atoms with van der Waals surface area (Å²) < 4.78 is 0. The summed E-state index contributed by atoms with van der Waals surface area (Å²) in [6, 6.07) is 14.6. The molecule has 6 heteroatoms. The Morgan fingerprint density at radius 2 is 1.75 bits per heavy atom. The van der Waals surface area contributed by atoms with Crippen LogP contribution < -0.4 is 5.32 Å². The summed E-state index contributed by atoms with van der Waals surface area (Å²) in [6.45, 7) is 0.0396. The lowest BCUT2D eigenvalue weighted by atomic mass is 10.0. The van der Waals surface area contributed by atoms with Crippen molar-refractivity contribution in [1.82, 2.24) is 4.90 Å². The van der Waals surface area contributed by atoms with Crippen molar-refractivity contribution in [3.63, 3.8) is 0 Å². The first kappa shape index (κ1) is 15.7. The minimum Gasteiger partial charge on any atom is -0.465 e. The largest absolute Gasteiger partial charge is 0.465 e. The number of hydrogen-bond donors (Lipinski definition) is 2. The van der Waals surface area contributed by atoms with Gasteiger partial charge >= 0.3 is 6.09 Å². The summed E-state index contributed by atoms with van der Waals surface area (Å²) >= 11 is 0. The maximum Gasteiger partial charge on any atom is 0.408 e. The van der Waals surface area contributed by atoms with Crippen molar-refractivity contribution in [3.05, 3.63) is 65.7 Å². The lowest BCUT2D eigenvalue weighted by Crippen LogP contribution is -2.46. The minimum atomic E-state index is -1.24. The first-order chi connectivity index (χ1) is 11.6. The van der Waals surface area contributed by atoms with Gasteiger partial charge in [-0.2, -0.15) is 0 Å². The van der Waals surface area contributed by atoms with Crippen LogP contribution in [0, 0.1) is 0 Å². The molecule has 1 heterocycles. The van der Waals surface area contributed by atoms with Crippen LogP contribution in [0.15, 0.2) is 54.6 Å². The zero-order chi connectivity index (χ0) is 17.1. The van der Waals surface area contributed by atoms with Crippen LogP contribution in [0.25, 0.3) is 0 Å². The Balaban J connectivity index is 1.90. The molecule has 0 saturated carbocycles. The van der Waals surface area contributed by atoms with Gasteiger partial charge in [-0.3, -0.25) is 14.5 Å². The lowest BCUT2D eigenvalue weighted by Gasteiger charge is -2.26. The van der Waals surface area contributed by atoms with E-state index in [1.807, 2.05) is 6.07 Å². The van der Waals surface area contributed by atoms with Gasteiger partial charge in [0, 0.05) is 18.5 Å². The third-order valence-corrected chi connectivity index (χ3v) is 3.98. The number of Topliss-reactive ketones (excluding diaryl/α,β-unsaturated/α-hetero) is 1. The van der Waals surface area contributed by atoms with Gasteiger partial charge in [0.2, 0.25) is 5.91 Å². The van der Waals surface area contributed by atoms with Crippen molar-refractivity contribution in [3.8, 4) is 0 Å². The minimum absolute atomic E-state index is 0.0396. The predicted molar refractivity (Wildman–Crippen MR) is 87.8 cm³/mol. The van der Waals surface area contributed by atoms with E-state index in [4.69, 9.17) is 0 Å². The number of carboxylic acid groups (broad SMARTS) is 1. The SMILES string of the molecule is O=C1CC(N(Cc2ccccc2)C(=O)O)C(=O)Nc2ccccc21. The molecule has 24 heavy (non-hydrogen) atoms. The standard InChI is InChI=1S/C18H16N2O4/c21-16-10-15(17(22)19-14-9-5-4-8-13(14)16)20(18(23)24)11-12-6-2-1-3-7-12/h1-9,15H,10-11H2,(H,19,22)(H,23,24). The number of benzene rings is 2. The summed E-state index contributed by atoms with van der Waals surface area (Å²) in [5, 5.41) is 12.2. The average molecular weight is 324 g/mol. The molecule has 0 saturated heterocycles. The molecular weight excluding hydrogens is 308 g/mol. The molecule has 2 N–H and O–H groups in total. The van der Waals surface area contributed by atoms with E-state index in [0.29, 0.717) is 11.3 Å². The molecule has 122 valence electrons. The van der Waals surface area contributed by atoms with Crippen LogP contribution >= 0.6 is 0 Å². The maximum absolute atomic E-state index is 12.5. The van der Waals surface area contributed by atoms with Crippen molar-refractivity contribution in [2.24, 2.45) is 0 Å². The fraction of sp³-hybridized carbons (Fsp3) is 0.167. The number of amides is 2. The molecule has 0 aliphatic carbocycles. The Labute approximate surface area is 138 Å². The summed E-state index contributed by atoms with van der Waals surface area (Å²) in [5.74, 6) is -0.750. The first-order valence-electron chi connectivity index (χ1n) is 7.53. The molecule has 3 rings (SSSR count). The third kappa shape index (κ3) is 3.12. The molecule has 0 aromatic heterocycles. The van der Waals surface area contributed by atoms with Gasteiger partial charge in [-0.15, -0.1) is 0 Å². The van der Waals surface area contributed by atoms with Crippen LogP contribution in [-0.4, -0.2) is 33.8 Å². The fourth-order valence-electron chi connectivity index (χ4n) is 2.77. The van der Waals surface area contributed by atoms with Crippen LogP contribution in [0.4, 0.5) is 10.5 Å². The van der Waals surface area contributed by atoms with Gasteiger partial charge in [0.25, 0.3) is 0 Å². The number of rotatable bonds is 3. The number of para-hydroxylation sites is 1. The molecule has 1 atom stereocenters. The number of anilines is 1. The Morgan fingerprint density at radius 3 is 2.46 bits per heavy atom. The van der Waals surface area contributed by atoms with Gasteiger partial charge < -0.3 is 10.4 Å². The maximum atomic E-state index is 12.5. The number of ketones is 1. The van der Waals surface area contributed by atoms with E-state index in [0.717, 1.165) is 10.5 Å². The van der Waals surface area contributed by atoms with Gasteiger partial charge in [-0.1, -0.05) is 42.5 Å². The second-order valence-corrected chi connectivity index (χ2v) is 5.57. The molecule has 1 aliphatic rings. The van der Waals surface area contributed by atoms with Crippen molar-refractivity contribution in [1.29, 1.82) is 0 Å². The number of fused-ring (bicyclic) bond motifs is 1. The molecule has 2 amide bonds. The Kier molecular flexibility index (Phi) is 4.29. The van der Waals surface area contributed by atoms with E-state index in [-0.39, 0.29) is 18.7 Å². The molecule has 2 aromatic rings. The van der Waals surface area contributed by atoms with E-state index in [2.05, 4.69) is 5.32 Å². The highest BCUT2D eigenvalue weighted by Gasteiger charge is 2.35. The zero-order valence-electron chi connectivity index (χ0n) is 12.8. The number of nitrogens with zero attached hydrogens (tertiary/aromatic N) is 1. The normalized spacial score (nSPS) is 16.8. The van der Waals surface area contributed by atoms with Crippen LogP contribution in [0.5, 0.6) is 0 Å².